The number of benzene rings is 4. The van der Waals surface area contributed by atoms with Crippen molar-refractivity contribution >= 4 is 33.0 Å². The van der Waals surface area contributed by atoms with Gasteiger partial charge in [-0.05, 0) is 92.0 Å². The minimum Gasteiger partial charge on any atom is -0.458 e. The summed E-state index contributed by atoms with van der Waals surface area (Å²) >= 11 is 0. The van der Waals surface area contributed by atoms with Crippen LogP contribution in [0.1, 0.15) is 83.4 Å². The fourth-order valence-electron chi connectivity index (χ4n) is 9.14. The van der Waals surface area contributed by atoms with Gasteiger partial charge in [0.25, 0.3) is 0 Å². The van der Waals surface area contributed by atoms with Crippen LogP contribution in [-0.2, 0) is 16.4 Å². The molecule has 7 aromatic rings. The van der Waals surface area contributed by atoms with Gasteiger partial charge in [-0.1, -0.05) is 88.2 Å². The summed E-state index contributed by atoms with van der Waals surface area (Å²) in [7, 11) is 0. The van der Waals surface area contributed by atoms with E-state index in [1.54, 1.807) is 0 Å². The topological polar surface area (TPSA) is 44.1 Å². The van der Waals surface area contributed by atoms with Gasteiger partial charge >= 0.3 is 0 Å². The predicted molar refractivity (Wildman–Crippen MR) is 196 cm³/mol. The van der Waals surface area contributed by atoms with Crippen molar-refractivity contribution in [2.24, 2.45) is 0 Å². The summed E-state index contributed by atoms with van der Waals surface area (Å²) in [5.41, 5.74) is 7.68. The maximum Gasteiger partial charge on any atom is 0.244 e. The van der Waals surface area contributed by atoms with E-state index in [0.717, 1.165) is 70.3 Å². The molecule has 0 bridgehead atoms. The molecule has 0 radical (unpaired) electrons. The molecule has 0 N–H and O–H groups in total. The van der Waals surface area contributed by atoms with Gasteiger partial charge in [0.05, 0.1) is 27.8 Å². The van der Waals surface area contributed by atoms with Crippen LogP contribution in [0, 0.1) is 6.33 Å². The van der Waals surface area contributed by atoms with Gasteiger partial charge in [0.2, 0.25) is 6.33 Å². The third-order valence-corrected chi connectivity index (χ3v) is 11.5. The van der Waals surface area contributed by atoms with Crippen LogP contribution in [0.2, 0.25) is 0 Å². The Hall–Kier alpha value is -4.90. The summed E-state index contributed by atoms with van der Waals surface area (Å²) < 4.78 is 17.4. The Morgan fingerprint density at radius 3 is 2.31 bits per heavy atom. The lowest BCUT2D eigenvalue weighted by Gasteiger charge is -2.55. The van der Waals surface area contributed by atoms with Gasteiger partial charge in [0.15, 0.2) is 0 Å². The first-order valence-corrected chi connectivity index (χ1v) is 18.0. The van der Waals surface area contributed by atoms with Crippen LogP contribution in [0.4, 0.5) is 0 Å². The Labute approximate surface area is 288 Å². The van der Waals surface area contributed by atoms with Gasteiger partial charge < -0.3 is 18.3 Å². The Kier molecular flexibility index (Phi) is 6.98. The Morgan fingerprint density at radius 2 is 1.47 bits per heavy atom. The molecular weight excluding hydrogens is 603 g/mol. The van der Waals surface area contributed by atoms with E-state index in [0.29, 0.717) is 0 Å². The summed E-state index contributed by atoms with van der Waals surface area (Å²) in [6.07, 6.45) is 15.5. The molecule has 2 aliphatic carbocycles. The lowest BCUT2D eigenvalue weighted by Crippen LogP contribution is -2.69. The maximum atomic E-state index is 6.47. The van der Waals surface area contributed by atoms with Gasteiger partial charge in [-0.25, -0.2) is 0 Å². The molecule has 49 heavy (non-hydrogen) atoms. The van der Waals surface area contributed by atoms with E-state index < -0.39 is 0 Å². The SMILES string of the molecule is CC(C)(C)c1ccnc(C23CCCCC2([n+]2[c-]n(-c4cccc(Oc5ccc6c(c5)oc5ccccc56)c4)c4ccccc42)CCCC3)c1. The zero-order valence-electron chi connectivity index (χ0n) is 28.7. The molecule has 0 spiro atoms. The lowest BCUT2D eigenvalue weighted by atomic mass is 9.52. The number of hydrogen-bond acceptors (Lipinski definition) is 3. The highest BCUT2D eigenvalue weighted by Crippen LogP contribution is 2.56. The summed E-state index contributed by atoms with van der Waals surface area (Å²) in [6.45, 7) is 6.93. The molecule has 5 nitrogen and oxygen atoms in total. The Morgan fingerprint density at radius 1 is 0.735 bits per heavy atom. The number of para-hydroxylation sites is 3. The molecule has 3 heterocycles. The fraction of sp³-hybridized carbons (Fsp3) is 0.318. The number of nitrogens with zero attached hydrogens (tertiary/aromatic N) is 3. The van der Waals surface area contributed by atoms with E-state index >= 15 is 0 Å². The molecule has 2 aliphatic rings. The summed E-state index contributed by atoms with van der Waals surface area (Å²) in [5.74, 6) is 1.52. The van der Waals surface area contributed by atoms with E-state index in [9.17, 15) is 0 Å². The van der Waals surface area contributed by atoms with Crippen molar-refractivity contribution in [2.45, 2.75) is 88.5 Å². The number of fused-ring (bicyclic) bond motifs is 5. The van der Waals surface area contributed by atoms with E-state index in [4.69, 9.17) is 14.1 Å². The quantitative estimate of drug-likeness (QED) is 0.138. The molecule has 2 fully saturated rings. The smallest absolute Gasteiger partial charge is 0.244 e. The molecule has 0 atom stereocenters. The van der Waals surface area contributed by atoms with Gasteiger partial charge in [0.1, 0.15) is 28.2 Å². The molecule has 0 amide bonds. The molecule has 5 heteroatoms. The number of furan rings is 1. The second kappa shape index (κ2) is 11.3. The van der Waals surface area contributed by atoms with E-state index in [1.807, 2.05) is 36.4 Å². The molecule has 0 unspecified atom stereocenters. The lowest BCUT2D eigenvalue weighted by molar-refractivity contribution is -0.763. The number of aromatic nitrogens is 3. The van der Waals surface area contributed by atoms with E-state index in [-0.39, 0.29) is 16.4 Å². The van der Waals surface area contributed by atoms with Crippen molar-refractivity contribution in [1.29, 1.82) is 0 Å². The van der Waals surface area contributed by atoms with E-state index in [2.05, 4.69) is 109 Å². The second-order valence-corrected chi connectivity index (χ2v) is 15.3. The van der Waals surface area contributed by atoms with Crippen LogP contribution in [0.3, 0.4) is 0 Å². The number of rotatable bonds is 5. The monoisotopic (exact) mass is 645 g/mol. The average molecular weight is 646 g/mol. The number of imidazole rings is 1. The third-order valence-electron chi connectivity index (χ3n) is 11.5. The zero-order valence-corrected chi connectivity index (χ0v) is 28.7. The van der Waals surface area contributed by atoms with Gasteiger partial charge in [0, 0.05) is 23.0 Å². The molecule has 4 aromatic carbocycles. The molecule has 3 aromatic heterocycles. The average Bonchev–Trinajstić information content (AvgIpc) is 3.70. The molecule has 246 valence electrons. The maximum absolute atomic E-state index is 6.47. The molecule has 0 saturated heterocycles. The summed E-state index contributed by atoms with van der Waals surface area (Å²) in [4.78, 5) is 5.19. The summed E-state index contributed by atoms with van der Waals surface area (Å²) in [5, 5.41) is 2.21. The molecule has 9 rings (SSSR count). The van der Waals surface area contributed by atoms with E-state index in [1.165, 1.54) is 42.5 Å². The second-order valence-electron chi connectivity index (χ2n) is 15.3. The highest BCUT2D eigenvalue weighted by Gasteiger charge is 2.59. The Bertz CT molecular complexity index is 2330. The minimum atomic E-state index is -0.103. The number of hydrogen-bond donors (Lipinski definition) is 0. The van der Waals surface area contributed by atoms with Crippen molar-refractivity contribution in [1.82, 2.24) is 9.55 Å². The summed E-state index contributed by atoms with van der Waals surface area (Å²) in [6, 6.07) is 36.1. The number of ether oxygens (including phenoxy) is 1. The van der Waals surface area contributed by atoms with Crippen molar-refractivity contribution in [3.05, 3.63) is 127 Å². The third kappa shape index (κ3) is 4.80. The molecule has 0 aliphatic heterocycles. The predicted octanol–water partition coefficient (Wildman–Crippen LogP) is 10.9. The van der Waals surface area contributed by atoms with Crippen molar-refractivity contribution in [3.8, 4) is 17.2 Å². The van der Waals surface area contributed by atoms with Crippen LogP contribution in [0.15, 0.2) is 114 Å². The highest BCUT2D eigenvalue weighted by molar-refractivity contribution is 6.05. The van der Waals surface area contributed by atoms with Gasteiger partial charge in [-0.3, -0.25) is 4.98 Å². The van der Waals surface area contributed by atoms with Crippen LogP contribution in [0.5, 0.6) is 11.5 Å². The van der Waals surface area contributed by atoms with Crippen molar-refractivity contribution in [2.75, 3.05) is 0 Å². The highest BCUT2D eigenvalue weighted by atomic mass is 16.5. The van der Waals surface area contributed by atoms with Crippen LogP contribution >= 0.6 is 0 Å². The zero-order chi connectivity index (χ0) is 33.2. The van der Waals surface area contributed by atoms with Gasteiger partial charge in [-0.2, -0.15) is 0 Å². The fourth-order valence-corrected chi connectivity index (χ4v) is 9.14. The molecule has 2 saturated carbocycles. The largest absolute Gasteiger partial charge is 0.458 e. The van der Waals surface area contributed by atoms with Crippen LogP contribution < -0.4 is 9.30 Å². The minimum absolute atomic E-state index is 0.0405. The first-order valence-electron chi connectivity index (χ1n) is 18.0. The first-order chi connectivity index (χ1) is 23.8. The Balaban J connectivity index is 1.14. The first kappa shape index (κ1) is 30.2. The van der Waals surface area contributed by atoms with Crippen LogP contribution in [-0.4, -0.2) is 9.55 Å². The standard InChI is InChI=1S/C44H43N3O2/c1-42(2,3)31-21-26-45-41(27-31)43-22-8-10-24-44(43,25-11-9-23-43)47-30-46(37-16-5-6-17-38(37)47)32-13-12-14-33(28-32)48-34-19-20-36-35-15-4-7-18-39(35)49-40(36)29-34/h4-7,12-21,26-29H,8-11,22-25H2,1-3H3. The van der Waals surface area contributed by atoms with Crippen molar-refractivity contribution in [3.63, 3.8) is 0 Å². The number of pyridine rings is 1. The normalized spacial score (nSPS) is 21.3. The molecular formula is C44H43N3O2. The van der Waals surface area contributed by atoms with Crippen molar-refractivity contribution < 1.29 is 13.7 Å². The van der Waals surface area contributed by atoms with Gasteiger partial charge in [-0.15, -0.1) is 0 Å². The van der Waals surface area contributed by atoms with Crippen LogP contribution in [0.25, 0.3) is 38.7 Å².